The number of nitrogens with one attached hydrogen (secondary N) is 3. The Morgan fingerprint density at radius 1 is 1.14 bits per heavy atom. The summed E-state index contributed by atoms with van der Waals surface area (Å²) in [4.78, 5) is 31.8. The molecule has 0 fully saturated rings. The van der Waals surface area contributed by atoms with Gasteiger partial charge >= 0.3 is 6.03 Å². The number of rotatable bonds is 8. The first-order valence-corrected chi connectivity index (χ1v) is 8.99. The molecule has 3 amide bonds. The fourth-order valence-corrected chi connectivity index (χ4v) is 2.47. The molecule has 2 heterocycles. The molecule has 3 rings (SSSR count). The van der Waals surface area contributed by atoms with Gasteiger partial charge in [0, 0.05) is 30.5 Å². The van der Waals surface area contributed by atoms with E-state index in [0.29, 0.717) is 23.8 Å². The number of ether oxygens (including phenoxy) is 1. The van der Waals surface area contributed by atoms with E-state index in [4.69, 9.17) is 4.74 Å². The third-order valence-electron chi connectivity index (χ3n) is 3.80. The number of pyridine rings is 1. The number of hydrogen-bond acceptors (Lipinski definition) is 6. The lowest BCUT2D eigenvalue weighted by Crippen LogP contribution is -2.29. The van der Waals surface area contributed by atoms with Crippen molar-refractivity contribution in [3.8, 4) is 11.6 Å². The number of anilines is 1. The van der Waals surface area contributed by atoms with Crippen LogP contribution in [0.1, 0.15) is 12.5 Å². The number of urea groups is 1. The van der Waals surface area contributed by atoms with E-state index in [0.717, 1.165) is 5.56 Å². The number of carbonyl (C=O) groups is 2. The summed E-state index contributed by atoms with van der Waals surface area (Å²) < 4.78 is 6.91. The molecule has 2 aromatic heterocycles. The average Bonchev–Trinajstić information content (AvgIpc) is 3.27. The lowest BCUT2D eigenvalue weighted by molar-refractivity contribution is -0.122. The maximum absolute atomic E-state index is 12.2. The molecule has 0 unspecified atom stereocenters. The first-order valence-electron chi connectivity index (χ1n) is 8.99. The Morgan fingerprint density at radius 2 is 1.97 bits per heavy atom. The van der Waals surface area contributed by atoms with E-state index in [2.05, 4.69) is 31.0 Å². The molecule has 0 saturated heterocycles. The molecule has 0 radical (unpaired) electrons. The van der Waals surface area contributed by atoms with Gasteiger partial charge in [0.1, 0.15) is 18.4 Å². The minimum absolute atomic E-state index is 0.0552. The molecule has 10 nitrogen and oxygen atoms in total. The van der Waals surface area contributed by atoms with E-state index in [1.807, 2.05) is 13.0 Å². The Morgan fingerprint density at radius 3 is 2.69 bits per heavy atom. The summed E-state index contributed by atoms with van der Waals surface area (Å²) in [6, 6.07) is 10.0. The zero-order chi connectivity index (χ0) is 20.5. The topological polar surface area (TPSA) is 123 Å². The van der Waals surface area contributed by atoms with Crippen molar-refractivity contribution >= 4 is 17.6 Å². The minimum atomic E-state index is -0.366. The van der Waals surface area contributed by atoms with Crippen molar-refractivity contribution in [1.82, 2.24) is 30.4 Å². The van der Waals surface area contributed by atoms with Crippen molar-refractivity contribution in [1.29, 1.82) is 0 Å². The van der Waals surface area contributed by atoms with E-state index < -0.39 is 0 Å². The molecule has 3 aromatic rings. The highest BCUT2D eigenvalue weighted by Gasteiger charge is 2.09. The molecule has 0 atom stereocenters. The van der Waals surface area contributed by atoms with Gasteiger partial charge in [0.05, 0.1) is 0 Å². The molecule has 0 aliphatic heterocycles. The molecular weight excluding hydrogens is 374 g/mol. The Hall–Kier alpha value is -3.95. The van der Waals surface area contributed by atoms with Crippen LogP contribution >= 0.6 is 0 Å². The molecule has 150 valence electrons. The van der Waals surface area contributed by atoms with Crippen LogP contribution < -0.4 is 20.7 Å². The number of nitrogens with zero attached hydrogens (tertiary/aromatic N) is 4. The molecule has 10 heteroatoms. The molecule has 0 bridgehead atoms. The Labute approximate surface area is 167 Å². The van der Waals surface area contributed by atoms with Crippen LogP contribution in [0.15, 0.2) is 55.2 Å². The van der Waals surface area contributed by atoms with Crippen molar-refractivity contribution in [2.75, 3.05) is 18.5 Å². The van der Waals surface area contributed by atoms with Gasteiger partial charge in [-0.25, -0.2) is 19.4 Å². The average molecular weight is 395 g/mol. The summed E-state index contributed by atoms with van der Waals surface area (Å²) in [5.74, 6) is 0.948. The van der Waals surface area contributed by atoms with E-state index in [1.165, 1.54) is 11.0 Å². The fraction of sp³-hybridized carbons (Fsp3) is 0.211. The molecule has 0 aliphatic carbocycles. The number of aromatic nitrogens is 4. The van der Waals surface area contributed by atoms with E-state index in [1.54, 1.807) is 42.9 Å². The van der Waals surface area contributed by atoms with Gasteiger partial charge in [0.15, 0.2) is 12.4 Å². The normalized spacial score (nSPS) is 10.2. The van der Waals surface area contributed by atoms with Gasteiger partial charge in [-0.15, -0.1) is 0 Å². The highest BCUT2D eigenvalue weighted by Crippen LogP contribution is 2.15. The van der Waals surface area contributed by atoms with Crippen LogP contribution in [0.5, 0.6) is 5.75 Å². The molecule has 0 aliphatic rings. The van der Waals surface area contributed by atoms with Crippen molar-refractivity contribution in [2.24, 2.45) is 0 Å². The summed E-state index contributed by atoms with van der Waals surface area (Å²) in [6.45, 7) is 2.61. The van der Waals surface area contributed by atoms with E-state index >= 15 is 0 Å². The minimum Gasteiger partial charge on any atom is -0.484 e. The van der Waals surface area contributed by atoms with Crippen LogP contribution in [0.25, 0.3) is 5.82 Å². The van der Waals surface area contributed by atoms with Crippen LogP contribution in [0, 0.1) is 0 Å². The second-order valence-corrected chi connectivity index (χ2v) is 5.90. The third kappa shape index (κ3) is 5.76. The quantitative estimate of drug-likeness (QED) is 0.531. The van der Waals surface area contributed by atoms with Gasteiger partial charge in [-0.3, -0.25) is 4.79 Å². The van der Waals surface area contributed by atoms with Crippen LogP contribution in [0.3, 0.4) is 0 Å². The number of benzene rings is 1. The maximum Gasteiger partial charge on any atom is 0.319 e. The second kappa shape index (κ2) is 9.83. The lowest BCUT2D eigenvalue weighted by atomic mass is 10.2. The van der Waals surface area contributed by atoms with Gasteiger partial charge in [-0.2, -0.15) is 5.10 Å². The van der Waals surface area contributed by atoms with Crippen molar-refractivity contribution < 1.29 is 14.3 Å². The van der Waals surface area contributed by atoms with Crippen LogP contribution in [0.2, 0.25) is 0 Å². The molecule has 29 heavy (non-hydrogen) atoms. The van der Waals surface area contributed by atoms with Crippen molar-refractivity contribution in [3.05, 3.63) is 60.8 Å². The predicted molar refractivity (Wildman–Crippen MR) is 106 cm³/mol. The van der Waals surface area contributed by atoms with Gasteiger partial charge in [0.25, 0.3) is 5.91 Å². The summed E-state index contributed by atoms with van der Waals surface area (Å²) >= 11 is 0. The Balaban J connectivity index is 1.51. The zero-order valence-electron chi connectivity index (χ0n) is 15.8. The van der Waals surface area contributed by atoms with Crippen molar-refractivity contribution in [2.45, 2.75) is 13.5 Å². The van der Waals surface area contributed by atoms with E-state index in [-0.39, 0.29) is 25.1 Å². The zero-order valence-corrected chi connectivity index (χ0v) is 15.8. The highest BCUT2D eigenvalue weighted by molar-refractivity contribution is 5.89. The molecule has 0 spiro atoms. The third-order valence-corrected chi connectivity index (χ3v) is 3.80. The van der Waals surface area contributed by atoms with Gasteiger partial charge < -0.3 is 20.7 Å². The first kappa shape index (κ1) is 19.8. The number of hydrogen-bond donors (Lipinski definition) is 3. The maximum atomic E-state index is 12.2. The van der Waals surface area contributed by atoms with Crippen LogP contribution in [-0.4, -0.2) is 44.8 Å². The summed E-state index contributed by atoms with van der Waals surface area (Å²) in [6.07, 6.45) is 4.61. The largest absolute Gasteiger partial charge is 0.484 e. The van der Waals surface area contributed by atoms with Crippen LogP contribution in [0.4, 0.5) is 10.5 Å². The number of carbonyl (C=O) groups excluding carboxylic acids is 2. The van der Waals surface area contributed by atoms with Crippen molar-refractivity contribution in [3.63, 3.8) is 0 Å². The summed E-state index contributed by atoms with van der Waals surface area (Å²) in [5, 5.41) is 12.2. The summed E-state index contributed by atoms with van der Waals surface area (Å²) in [7, 11) is 0. The monoisotopic (exact) mass is 395 g/mol. The molecule has 1 aromatic carbocycles. The first-order chi connectivity index (χ1) is 14.2. The van der Waals surface area contributed by atoms with Crippen LogP contribution in [-0.2, 0) is 11.3 Å². The van der Waals surface area contributed by atoms with Gasteiger partial charge in [-0.05, 0) is 37.3 Å². The molecular formula is C19H21N7O3. The smallest absolute Gasteiger partial charge is 0.319 e. The Kier molecular flexibility index (Phi) is 6.71. The Bertz CT molecular complexity index is 943. The molecule has 3 N–H and O–H groups in total. The van der Waals surface area contributed by atoms with Gasteiger partial charge in [0.2, 0.25) is 0 Å². The number of amides is 3. The SMILES string of the molecule is CCNC(=O)COc1ccc(NC(=O)NCc2cccnc2-n2cncn2)cc1. The molecule has 0 saturated carbocycles. The number of likely N-dealkylation sites (N-methyl/N-ethyl adjacent to an activating group) is 1. The highest BCUT2D eigenvalue weighted by atomic mass is 16.5. The van der Waals surface area contributed by atoms with Gasteiger partial charge in [-0.1, -0.05) is 6.07 Å². The standard InChI is InChI=1S/C19H21N7O3/c1-2-21-17(27)11-29-16-7-5-15(6-8-16)25-19(28)23-10-14-4-3-9-22-18(14)26-13-20-12-24-26/h3-9,12-13H,2,10-11H2,1H3,(H,21,27)(H2,23,25,28). The predicted octanol–water partition coefficient (Wildman–Crippen LogP) is 1.50. The summed E-state index contributed by atoms with van der Waals surface area (Å²) in [5.41, 5.74) is 1.39. The second-order valence-electron chi connectivity index (χ2n) is 5.90. The van der Waals surface area contributed by atoms with E-state index in [9.17, 15) is 9.59 Å². The fourth-order valence-electron chi connectivity index (χ4n) is 2.47. The lowest BCUT2D eigenvalue weighted by Gasteiger charge is -2.11.